The normalized spacial score (nSPS) is 11.0. The summed E-state index contributed by atoms with van der Waals surface area (Å²) in [5.41, 5.74) is 1.04. The third-order valence-corrected chi connectivity index (χ3v) is 3.10. The van der Waals surface area contributed by atoms with Crippen molar-refractivity contribution in [2.45, 2.75) is 13.0 Å². The summed E-state index contributed by atoms with van der Waals surface area (Å²) in [6.07, 6.45) is 2.71. The van der Waals surface area contributed by atoms with Gasteiger partial charge in [0.1, 0.15) is 0 Å². The lowest BCUT2D eigenvalue weighted by molar-refractivity contribution is 0.195. The van der Waals surface area contributed by atoms with Gasteiger partial charge in [0, 0.05) is 26.8 Å². The molecule has 0 fully saturated rings. The van der Waals surface area contributed by atoms with E-state index in [2.05, 4.69) is 22.2 Å². The molecule has 0 atom stereocenters. The van der Waals surface area contributed by atoms with E-state index in [1.807, 2.05) is 18.2 Å². The van der Waals surface area contributed by atoms with Crippen molar-refractivity contribution in [3.63, 3.8) is 0 Å². The van der Waals surface area contributed by atoms with Gasteiger partial charge in [-0.3, -0.25) is 0 Å². The highest BCUT2D eigenvalue weighted by molar-refractivity contribution is 5.79. The van der Waals surface area contributed by atoms with Gasteiger partial charge in [0.25, 0.3) is 0 Å². The van der Waals surface area contributed by atoms with Crippen LogP contribution >= 0.6 is 0 Å². The highest BCUT2D eigenvalue weighted by atomic mass is 16.5. The fraction of sp³-hybridized carbons (Fsp3) is 0.471. The van der Waals surface area contributed by atoms with Crippen LogP contribution in [0.3, 0.4) is 0 Å². The van der Waals surface area contributed by atoms with Crippen LogP contribution in [-0.2, 0) is 11.3 Å². The van der Waals surface area contributed by atoms with Crippen molar-refractivity contribution in [2.24, 2.45) is 4.99 Å². The van der Waals surface area contributed by atoms with Crippen molar-refractivity contribution in [1.82, 2.24) is 10.6 Å². The van der Waals surface area contributed by atoms with Gasteiger partial charge in [0.15, 0.2) is 17.5 Å². The largest absolute Gasteiger partial charge is 0.493 e. The predicted molar refractivity (Wildman–Crippen MR) is 93.4 cm³/mol. The van der Waals surface area contributed by atoms with Gasteiger partial charge in [-0.25, -0.2) is 4.99 Å². The first-order valence-corrected chi connectivity index (χ1v) is 7.58. The number of guanidine groups is 1. The number of nitrogens with zero attached hydrogens (tertiary/aromatic N) is 1. The fourth-order valence-corrected chi connectivity index (χ4v) is 1.92. The maximum atomic E-state index is 5.31. The Labute approximate surface area is 138 Å². The number of methoxy groups -OCH3 is 3. The van der Waals surface area contributed by atoms with Crippen LogP contribution < -0.4 is 20.1 Å². The van der Waals surface area contributed by atoms with E-state index in [-0.39, 0.29) is 0 Å². The Morgan fingerprint density at radius 2 is 1.96 bits per heavy atom. The minimum Gasteiger partial charge on any atom is -0.493 e. The lowest BCUT2D eigenvalue weighted by atomic mass is 10.2. The van der Waals surface area contributed by atoms with Crippen LogP contribution in [0.15, 0.2) is 35.8 Å². The predicted octanol–water partition coefficient (Wildman–Crippen LogP) is 1.96. The summed E-state index contributed by atoms with van der Waals surface area (Å²) in [4.78, 5) is 4.57. The van der Waals surface area contributed by atoms with E-state index in [0.29, 0.717) is 24.6 Å². The molecule has 1 aromatic carbocycles. The number of hydrogen-bond acceptors (Lipinski definition) is 4. The molecule has 0 spiro atoms. The zero-order valence-corrected chi connectivity index (χ0v) is 14.2. The van der Waals surface area contributed by atoms with Gasteiger partial charge < -0.3 is 24.8 Å². The molecule has 0 aliphatic heterocycles. The lowest BCUT2D eigenvalue weighted by Gasteiger charge is -2.12. The molecule has 23 heavy (non-hydrogen) atoms. The Hall–Kier alpha value is -2.21. The molecule has 0 aromatic heterocycles. The first-order chi connectivity index (χ1) is 11.2. The van der Waals surface area contributed by atoms with Crippen molar-refractivity contribution in [2.75, 3.05) is 41.0 Å². The van der Waals surface area contributed by atoms with Gasteiger partial charge in [-0.15, -0.1) is 6.58 Å². The summed E-state index contributed by atoms with van der Waals surface area (Å²) in [6, 6.07) is 5.78. The second-order valence-corrected chi connectivity index (χ2v) is 4.80. The molecular weight excluding hydrogens is 294 g/mol. The monoisotopic (exact) mass is 321 g/mol. The van der Waals surface area contributed by atoms with Crippen molar-refractivity contribution >= 4 is 5.96 Å². The molecular formula is C17H27N3O3. The van der Waals surface area contributed by atoms with E-state index in [1.165, 1.54) is 0 Å². The molecule has 0 saturated heterocycles. The van der Waals surface area contributed by atoms with Crippen LogP contribution in [0, 0.1) is 0 Å². The number of nitrogens with one attached hydrogen (secondary N) is 2. The van der Waals surface area contributed by atoms with Gasteiger partial charge in [-0.05, 0) is 24.1 Å². The summed E-state index contributed by atoms with van der Waals surface area (Å²) in [7, 11) is 4.94. The molecule has 1 aromatic rings. The first kappa shape index (κ1) is 18.8. The highest BCUT2D eigenvalue weighted by Gasteiger charge is 2.04. The van der Waals surface area contributed by atoms with Crippen LogP contribution in [0.1, 0.15) is 12.0 Å². The molecule has 1 rings (SSSR count). The van der Waals surface area contributed by atoms with E-state index >= 15 is 0 Å². The van der Waals surface area contributed by atoms with Crippen molar-refractivity contribution in [3.8, 4) is 11.5 Å². The molecule has 0 heterocycles. The third-order valence-electron chi connectivity index (χ3n) is 3.10. The van der Waals surface area contributed by atoms with Crippen molar-refractivity contribution in [3.05, 3.63) is 36.4 Å². The second-order valence-electron chi connectivity index (χ2n) is 4.80. The minimum absolute atomic E-state index is 0.539. The van der Waals surface area contributed by atoms with Gasteiger partial charge in [0.2, 0.25) is 0 Å². The van der Waals surface area contributed by atoms with Crippen LogP contribution in [0.2, 0.25) is 0 Å². The van der Waals surface area contributed by atoms with Crippen LogP contribution in [-0.4, -0.2) is 47.0 Å². The molecule has 0 unspecified atom stereocenters. The van der Waals surface area contributed by atoms with Crippen molar-refractivity contribution in [1.29, 1.82) is 0 Å². The van der Waals surface area contributed by atoms with Gasteiger partial charge in [-0.2, -0.15) is 0 Å². The quantitative estimate of drug-likeness (QED) is 0.298. The Bertz CT molecular complexity index is 504. The molecule has 0 aliphatic rings. The van der Waals surface area contributed by atoms with E-state index in [9.17, 15) is 0 Å². The molecule has 0 aliphatic carbocycles. The van der Waals surface area contributed by atoms with E-state index < -0.39 is 0 Å². The summed E-state index contributed by atoms with van der Waals surface area (Å²) in [6.45, 7) is 6.41. The standard InChI is InChI=1S/C17H27N3O3/c1-5-9-18-17(19-10-6-11-21-2)20-13-14-7-8-15(22-3)16(12-14)23-4/h5,7-8,12H,1,6,9-11,13H2,2-4H3,(H2,18,19,20). The van der Waals surface area contributed by atoms with Gasteiger partial charge >= 0.3 is 0 Å². The zero-order valence-electron chi connectivity index (χ0n) is 14.2. The average Bonchev–Trinajstić information content (AvgIpc) is 2.59. The number of hydrogen-bond donors (Lipinski definition) is 2. The fourth-order valence-electron chi connectivity index (χ4n) is 1.92. The Balaban J connectivity index is 2.68. The average molecular weight is 321 g/mol. The van der Waals surface area contributed by atoms with E-state index in [4.69, 9.17) is 14.2 Å². The maximum Gasteiger partial charge on any atom is 0.191 e. The highest BCUT2D eigenvalue weighted by Crippen LogP contribution is 2.27. The summed E-state index contributed by atoms with van der Waals surface area (Å²) >= 11 is 0. The van der Waals surface area contributed by atoms with Gasteiger partial charge in [-0.1, -0.05) is 12.1 Å². The van der Waals surface area contributed by atoms with Crippen molar-refractivity contribution < 1.29 is 14.2 Å². The molecule has 6 nitrogen and oxygen atoms in total. The zero-order chi connectivity index (χ0) is 16.9. The van der Waals surface area contributed by atoms with Gasteiger partial charge in [0.05, 0.1) is 20.8 Å². The summed E-state index contributed by atoms with van der Waals surface area (Å²) < 4.78 is 15.6. The molecule has 0 saturated carbocycles. The van der Waals surface area contributed by atoms with E-state index in [1.54, 1.807) is 27.4 Å². The van der Waals surface area contributed by atoms with E-state index in [0.717, 1.165) is 31.1 Å². The molecule has 0 radical (unpaired) electrons. The Kier molecular flexibility index (Phi) is 9.31. The second kappa shape index (κ2) is 11.4. The van der Waals surface area contributed by atoms with Crippen LogP contribution in [0.25, 0.3) is 0 Å². The van der Waals surface area contributed by atoms with Crippen LogP contribution in [0.5, 0.6) is 11.5 Å². The Morgan fingerprint density at radius 3 is 2.61 bits per heavy atom. The van der Waals surface area contributed by atoms with Crippen LogP contribution in [0.4, 0.5) is 0 Å². The Morgan fingerprint density at radius 1 is 1.17 bits per heavy atom. The smallest absolute Gasteiger partial charge is 0.191 e. The molecule has 6 heteroatoms. The maximum absolute atomic E-state index is 5.31. The first-order valence-electron chi connectivity index (χ1n) is 7.58. The SMILES string of the molecule is C=CCNC(=NCc1ccc(OC)c(OC)c1)NCCCOC. The number of benzene rings is 1. The molecule has 2 N–H and O–H groups in total. The topological polar surface area (TPSA) is 64.1 Å². The molecule has 128 valence electrons. The summed E-state index contributed by atoms with van der Waals surface area (Å²) in [5, 5.41) is 6.46. The summed E-state index contributed by atoms with van der Waals surface area (Å²) in [5.74, 6) is 2.16. The third kappa shape index (κ3) is 7.06. The molecule has 0 bridgehead atoms. The number of ether oxygens (including phenoxy) is 3. The lowest BCUT2D eigenvalue weighted by Crippen LogP contribution is -2.38. The number of aliphatic imine (C=N–C) groups is 1. The minimum atomic E-state index is 0.539. The molecule has 0 amide bonds. The number of rotatable bonds is 10.